The van der Waals surface area contributed by atoms with Crippen molar-refractivity contribution in [3.05, 3.63) is 81.0 Å². The molecule has 1 heterocycles. The molecule has 0 saturated carbocycles. The van der Waals surface area contributed by atoms with Gasteiger partial charge in [-0.15, -0.1) is 0 Å². The molecule has 0 saturated heterocycles. The largest absolute Gasteiger partial charge is 0.497 e. The lowest BCUT2D eigenvalue weighted by Crippen LogP contribution is -2.23. The topological polar surface area (TPSA) is 75.3 Å². The Morgan fingerprint density at radius 1 is 1.24 bits per heavy atom. The molecule has 29 heavy (non-hydrogen) atoms. The maximum absolute atomic E-state index is 12.3. The molecule has 0 spiro atoms. The molecular formula is C22H16BrClN2O3. The summed E-state index contributed by atoms with van der Waals surface area (Å²) in [6.45, 7) is 0.294. The number of methoxy groups -OCH3 is 1. The van der Waals surface area contributed by atoms with Crippen LogP contribution in [0.5, 0.6) is 5.75 Å². The molecule has 1 amide bonds. The van der Waals surface area contributed by atoms with E-state index in [1.807, 2.05) is 30.3 Å². The number of nitriles is 1. The summed E-state index contributed by atoms with van der Waals surface area (Å²) in [7, 11) is 1.59. The Bertz CT molecular complexity index is 1100. The zero-order chi connectivity index (χ0) is 20.8. The van der Waals surface area contributed by atoms with E-state index in [4.69, 9.17) is 20.8 Å². The number of furan rings is 1. The molecule has 0 aliphatic carbocycles. The van der Waals surface area contributed by atoms with Crippen LogP contribution in [0.2, 0.25) is 5.02 Å². The van der Waals surface area contributed by atoms with Crippen LogP contribution in [0.1, 0.15) is 11.3 Å². The Morgan fingerprint density at radius 2 is 2.00 bits per heavy atom. The highest BCUT2D eigenvalue weighted by atomic mass is 79.9. The molecule has 0 aliphatic rings. The number of benzene rings is 2. The third-order valence-electron chi connectivity index (χ3n) is 4.09. The fraction of sp³-hybridized carbons (Fsp3) is 0.0909. The Hall–Kier alpha value is -3.01. The highest BCUT2D eigenvalue weighted by Gasteiger charge is 2.11. The molecular weight excluding hydrogens is 456 g/mol. The van der Waals surface area contributed by atoms with E-state index >= 15 is 0 Å². The summed E-state index contributed by atoms with van der Waals surface area (Å²) in [6.07, 6.45) is 1.41. The molecule has 3 aromatic rings. The van der Waals surface area contributed by atoms with Gasteiger partial charge in [-0.05, 0) is 57.9 Å². The van der Waals surface area contributed by atoms with E-state index in [9.17, 15) is 10.1 Å². The summed E-state index contributed by atoms with van der Waals surface area (Å²) >= 11 is 9.46. The molecule has 5 nitrogen and oxygen atoms in total. The van der Waals surface area contributed by atoms with Crippen LogP contribution in [-0.2, 0) is 11.3 Å². The van der Waals surface area contributed by atoms with Crippen molar-refractivity contribution in [2.45, 2.75) is 6.54 Å². The normalized spacial score (nSPS) is 11.0. The molecule has 1 N–H and O–H groups in total. The molecule has 0 bridgehead atoms. The molecule has 0 radical (unpaired) electrons. The highest BCUT2D eigenvalue weighted by molar-refractivity contribution is 9.10. The van der Waals surface area contributed by atoms with E-state index in [1.54, 1.807) is 37.4 Å². The second kappa shape index (κ2) is 9.46. The number of nitrogens with zero attached hydrogens (tertiary/aromatic N) is 1. The van der Waals surface area contributed by atoms with Gasteiger partial charge in [0.15, 0.2) is 0 Å². The van der Waals surface area contributed by atoms with Crippen molar-refractivity contribution in [2.24, 2.45) is 0 Å². The first-order valence-electron chi connectivity index (χ1n) is 8.58. The van der Waals surface area contributed by atoms with Crippen LogP contribution in [-0.4, -0.2) is 13.0 Å². The van der Waals surface area contributed by atoms with Crippen molar-refractivity contribution in [2.75, 3.05) is 7.11 Å². The maximum Gasteiger partial charge on any atom is 0.262 e. The summed E-state index contributed by atoms with van der Waals surface area (Å²) < 4.78 is 11.6. The number of rotatable bonds is 6. The summed E-state index contributed by atoms with van der Waals surface area (Å²) in [5.41, 5.74) is 1.64. The number of halogens is 2. The lowest BCUT2D eigenvalue weighted by Gasteiger charge is -2.05. The van der Waals surface area contributed by atoms with Crippen LogP contribution in [0.4, 0.5) is 0 Å². The lowest BCUT2D eigenvalue weighted by molar-refractivity contribution is -0.117. The number of amides is 1. The summed E-state index contributed by atoms with van der Waals surface area (Å²) in [5, 5.41) is 12.6. The van der Waals surface area contributed by atoms with Gasteiger partial charge in [-0.25, -0.2) is 0 Å². The van der Waals surface area contributed by atoms with Crippen LogP contribution in [0.3, 0.4) is 0 Å². The van der Waals surface area contributed by atoms with Gasteiger partial charge in [-0.2, -0.15) is 5.26 Å². The fourth-order valence-corrected chi connectivity index (χ4v) is 2.97. The monoisotopic (exact) mass is 470 g/mol. The first-order valence-corrected chi connectivity index (χ1v) is 9.75. The smallest absolute Gasteiger partial charge is 0.262 e. The van der Waals surface area contributed by atoms with Crippen molar-refractivity contribution in [1.29, 1.82) is 5.26 Å². The van der Waals surface area contributed by atoms with E-state index in [2.05, 4.69) is 21.2 Å². The molecule has 0 fully saturated rings. The zero-order valence-corrected chi connectivity index (χ0v) is 17.8. The van der Waals surface area contributed by atoms with Crippen molar-refractivity contribution >= 4 is 39.5 Å². The van der Waals surface area contributed by atoms with Crippen molar-refractivity contribution in [3.8, 4) is 23.1 Å². The summed E-state index contributed by atoms with van der Waals surface area (Å²) in [6, 6.07) is 18.1. The van der Waals surface area contributed by atoms with E-state index in [1.165, 1.54) is 6.08 Å². The van der Waals surface area contributed by atoms with Crippen LogP contribution >= 0.6 is 27.5 Å². The fourth-order valence-electron chi connectivity index (χ4n) is 2.55. The zero-order valence-electron chi connectivity index (χ0n) is 15.4. The van der Waals surface area contributed by atoms with Crippen molar-refractivity contribution < 1.29 is 13.9 Å². The van der Waals surface area contributed by atoms with Gasteiger partial charge in [0, 0.05) is 22.7 Å². The standard InChI is InChI=1S/C22H16BrClN2O3/c1-28-17-5-2-14(3-6-17)13-26-22(27)16(12-25)10-18-7-9-21(29-18)15-4-8-19(23)20(24)11-15/h2-11H,13H2,1H3,(H,26,27)/b16-10-. The second-order valence-electron chi connectivity index (χ2n) is 6.03. The summed E-state index contributed by atoms with van der Waals surface area (Å²) in [5.74, 6) is 1.24. The molecule has 1 aromatic heterocycles. The van der Waals surface area contributed by atoms with Gasteiger partial charge in [0.1, 0.15) is 28.9 Å². The second-order valence-corrected chi connectivity index (χ2v) is 7.29. The number of carbonyl (C=O) groups is 1. The summed E-state index contributed by atoms with van der Waals surface area (Å²) in [4.78, 5) is 12.3. The minimum Gasteiger partial charge on any atom is -0.497 e. The lowest BCUT2D eigenvalue weighted by atomic mass is 10.2. The Morgan fingerprint density at radius 3 is 2.66 bits per heavy atom. The molecule has 0 atom stereocenters. The predicted molar refractivity (Wildman–Crippen MR) is 115 cm³/mol. The van der Waals surface area contributed by atoms with E-state index in [0.29, 0.717) is 23.1 Å². The van der Waals surface area contributed by atoms with E-state index in [0.717, 1.165) is 21.3 Å². The molecule has 7 heteroatoms. The first-order chi connectivity index (χ1) is 14.0. The van der Waals surface area contributed by atoms with Gasteiger partial charge in [0.2, 0.25) is 0 Å². The third-order valence-corrected chi connectivity index (χ3v) is 5.33. The number of nitrogens with one attached hydrogen (secondary N) is 1. The van der Waals surface area contributed by atoms with E-state index in [-0.39, 0.29) is 5.57 Å². The number of carbonyl (C=O) groups excluding carboxylic acids is 1. The Labute approximate surface area is 181 Å². The van der Waals surface area contributed by atoms with E-state index < -0.39 is 5.91 Å². The third kappa shape index (κ3) is 5.29. The van der Waals surface area contributed by atoms with Gasteiger partial charge in [-0.3, -0.25) is 4.79 Å². The Kier molecular flexibility index (Phi) is 6.76. The molecule has 146 valence electrons. The van der Waals surface area contributed by atoms with Gasteiger partial charge in [0.25, 0.3) is 5.91 Å². The van der Waals surface area contributed by atoms with Gasteiger partial charge < -0.3 is 14.5 Å². The van der Waals surface area contributed by atoms with Gasteiger partial charge in [-0.1, -0.05) is 29.8 Å². The first kappa shape index (κ1) is 20.7. The van der Waals surface area contributed by atoms with Gasteiger partial charge >= 0.3 is 0 Å². The highest BCUT2D eigenvalue weighted by Crippen LogP contribution is 2.30. The van der Waals surface area contributed by atoms with Crippen LogP contribution in [0.15, 0.2) is 69.1 Å². The van der Waals surface area contributed by atoms with Crippen molar-refractivity contribution in [1.82, 2.24) is 5.32 Å². The van der Waals surface area contributed by atoms with Crippen LogP contribution in [0, 0.1) is 11.3 Å². The quantitative estimate of drug-likeness (QED) is 0.375. The predicted octanol–water partition coefficient (Wildman–Crippen LogP) is 5.59. The Balaban J connectivity index is 1.70. The SMILES string of the molecule is COc1ccc(CNC(=O)/C(C#N)=C\c2ccc(-c3ccc(Br)c(Cl)c3)o2)cc1. The molecule has 0 unspecified atom stereocenters. The number of hydrogen-bond acceptors (Lipinski definition) is 4. The van der Waals surface area contributed by atoms with Crippen molar-refractivity contribution in [3.63, 3.8) is 0 Å². The molecule has 3 rings (SSSR count). The van der Waals surface area contributed by atoms with Gasteiger partial charge in [0.05, 0.1) is 12.1 Å². The minimum atomic E-state index is -0.479. The average molecular weight is 472 g/mol. The van der Waals surface area contributed by atoms with Crippen LogP contribution < -0.4 is 10.1 Å². The average Bonchev–Trinajstić information content (AvgIpc) is 3.21. The number of ether oxygens (including phenoxy) is 1. The minimum absolute atomic E-state index is 0.0479. The number of hydrogen-bond donors (Lipinski definition) is 1. The molecule has 0 aliphatic heterocycles. The molecule has 2 aromatic carbocycles. The maximum atomic E-state index is 12.3. The van der Waals surface area contributed by atoms with Crippen LogP contribution in [0.25, 0.3) is 17.4 Å².